The second-order valence-electron chi connectivity index (χ2n) is 2.61. The molecule has 0 amide bonds. The fourth-order valence-electron chi connectivity index (χ4n) is 1.03. The van der Waals surface area contributed by atoms with Crippen LogP contribution in [0, 0.1) is 0 Å². The van der Waals surface area contributed by atoms with E-state index in [0.29, 0.717) is 0 Å². The summed E-state index contributed by atoms with van der Waals surface area (Å²) in [7, 11) is -1.98. The van der Waals surface area contributed by atoms with Crippen LogP contribution in [0.15, 0.2) is 0 Å². The normalized spacial score (nSPS) is 35.2. The maximum Gasteiger partial charge on any atom is 0.237 e. The van der Waals surface area contributed by atoms with Crippen LogP contribution in [0.25, 0.3) is 0 Å². The van der Waals surface area contributed by atoms with Crippen LogP contribution in [0.5, 0.6) is 0 Å². The SMILES string of the molecule is O=S1(=O)C[C@@H](Br)[C@H](S(=O)(=O)Cl)C1. The fraction of sp³-hybridized carbons (Fsp3) is 1.00. The summed E-state index contributed by atoms with van der Waals surface area (Å²) in [6, 6.07) is 0. The summed E-state index contributed by atoms with van der Waals surface area (Å²) in [5.41, 5.74) is 0. The van der Waals surface area contributed by atoms with E-state index in [1.165, 1.54) is 0 Å². The van der Waals surface area contributed by atoms with Crippen LogP contribution in [0.3, 0.4) is 0 Å². The zero-order chi connectivity index (χ0) is 9.57. The Morgan fingerprint density at radius 3 is 2.00 bits per heavy atom. The number of hydrogen-bond donors (Lipinski definition) is 0. The number of sulfone groups is 1. The van der Waals surface area contributed by atoms with Gasteiger partial charge in [0.05, 0.1) is 11.5 Å². The summed E-state index contributed by atoms with van der Waals surface area (Å²) in [6.45, 7) is 0. The molecule has 0 saturated carbocycles. The lowest BCUT2D eigenvalue weighted by molar-refractivity contribution is 0.595. The van der Waals surface area contributed by atoms with Gasteiger partial charge in [-0.2, -0.15) is 0 Å². The van der Waals surface area contributed by atoms with Gasteiger partial charge in [-0.15, -0.1) is 0 Å². The third-order valence-electron chi connectivity index (χ3n) is 1.60. The van der Waals surface area contributed by atoms with E-state index >= 15 is 0 Å². The Morgan fingerprint density at radius 1 is 1.33 bits per heavy atom. The number of hydrogen-bond acceptors (Lipinski definition) is 4. The molecule has 0 aliphatic carbocycles. The van der Waals surface area contributed by atoms with Gasteiger partial charge in [0.2, 0.25) is 9.05 Å². The molecule has 1 heterocycles. The molecule has 1 fully saturated rings. The van der Waals surface area contributed by atoms with Crippen molar-refractivity contribution in [3.63, 3.8) is 0 Å². The van der Waals surface area contributed by atoms with E-state index in [2.05, 4.69) is 15.9 Å². The van der Waals surface area contributed by atoms with E-state index in [1.54, 1.807) is 0 Å². The summed E-state index contributed by atoms with van der Waals surface area (Å²) >= 11 is 2.97. The third-order valence-corrected chi connectivity index (χ3v) is 7.19. The smallest absolute Gasteiger partial charge is 0.229 e. The second-order valence-corrected chi connectivity index (χ2v) is 8.78. The van der Waals surface area contributed by atoms with Gasteiger partial charge in [0.25, 0.3) is 0 Å². The predicted molar refractivity (Wildman–Crippen MR) is 49.9 cm³/mol. The first-order valence-corrected chi connectivity index (χ1v) is 8.11. The fourth-order valence-corrected chi connectivity index (χ4v) is 8.16. The lowest BCUT2D eigenvalue weighted by Gasteiger charge is -2.05. The summed E-state index contributed by atoms with van der Waals surface area (Å²) in [4.78, 5) is -0.579. The van der Waals surface area contributed by atoms with E-state index < -0.39 is 29.0 Å². The molecule has 0 spiro atoms. The van der Waals surface area contributed by atoms with Crippen molar-refractivity contribution in [3.05, 3.63) is 0 Å². The molecule has 1 aliphatic heterocycles. The quantitative estimate of drug-likeness (QED) is 0.509. The molecule has 0 N–H and O–H groups in total. The molecule has 2 atom stereocenters. The topological polar surface area (TPSA) is 68.3 Å². The van der Waals surface area contributed by atoms with Crippen LogP contribution in [-0.2, 0) is 18.9 Å². The molecule has 0 aromatic rings. The molecule has 72 valence electrons. The van der Waals surface area contributed by atoms with Gasteiger partial charge >= 0.3 is 0 Å². The van der Waals surface area contributed by atoms with Gasteiger partial charge in [0.15, 0.2) is 9.84 Å². The van der Waals surface area contributed by atoms with Gasteiger partial charge in [0.1, 0.15) is 5.25 Å². The van der Waals surface area contributed by atoms with E-state index in [1.807, 2.05) is 0 Å². The van der Waals surface area contributed by atoms with Crippen molar-refractivity contribution < 1.29 is 16.8 Å². The van der Waals surface area contributed by atoms with E-state index in [9.17, 15) is 16.8 Å². The Bertz CT molecular complexity index is 372. The molecule has 0 aromatic carbocycles. The van der Waals surface area contributed by atoms with Crippen LogP contribution in [-0.4, -0.2) is 38.4 Å². The molecule has 4 nitrogen and oxygen atoms in total. The first kappa shape index (κ1) is 10.7. The molecule has 12 heavy (non-hydrogen) atoms. The van der Waals surface area contributed by atoms with Crippen molar-refractivity contribution in [2.45, 2.75) is 10.1 Å². The highest BCUT2D eigenvalue weighted by Crippen LogP contribution is 2.27. The highest BCUT2D eigenvalue weighted by Gasteiger charge is 2.43. The summed E-state index contributed by atoms with van der Waals surface area (Å²) < 4.78 is 43.5. The third kappa shape index (κ3) is 2.34. The molecule has 1 rings (SSSR count). The van der Waals surface area contributed by atoms with E-state index in [-0.39, 0.29) is 11.5 Å². The van der Waals surface area contributed by atoms with Crippen molar-refractivity contribution in [1.29, 1.82) is 0 Å². The van der Waals surface area contributed by atoms with Gasteiger partial charge in [-0.25, -0.2) is 16.8 Å². The van der Waals surface area contributed by atoms with Gasteiger partial charge in [0, 0.05) is 15.5 Å². The summed E-state index contributed by atoms with van der Waals surface area (Å²) in [5, 5.41) is -1.01. The highest BCUT2D eigenvalue weighted by molar-refractivity contribution is 9.09. The lowest BCUT2D eigenvalue weighted by atomic mass is 10.4. The molecule has 1 aliphatic rings. The molecule has 0 aromatic heterocycles. The monoisotopic (exact) mass is 296 g/mol. The van der Waals surface area contributed by atoms with Gasteiger partial charge in [-0.05, 0) is 0 Å². The molecular weight excluding hydrogens is 292 g/mol. The second kappa shape index (κ2) is 3.11. The van der Waals surface area contributed by atoms with E-state index in [0.717, 1.165) is 0 Å². The van der Waals surface area contributed by atoms with Crippen LogP contribution in [0.2, 0.25) is 0 Å². The average molecular weight is 298 g/mol. The highest BCUT2D eigenvalue weighted by atomic mass is 79.9. The Balaban J connectivity index is 3.01. The zero-order valence-corrected chi connectivity index (χ0v) is 9.75. The van der Waals surface area contributed by atoms with Gasteiger partial charge in [-0.3, -0.25) is 0 Å². The van der Waals surface area contributed by atoms with Crippen molar-refractivity contribution >= 4 is 45.5 Å². The predicted octanol–water partition coefficient (Wildman–Crippen LogP) is 0.116. The average Bonchev–Trinajstić information content (AvgIpc) is 2.03. The minimum Gasteiger partial charge on any atom is -0.229 e. The number of alkyl halides is 1. The van der Waals surface area contributed by atoms with E-state index in [4.69, 9.17) is 10.7 Å². The summed E-state index contributed by atoms with van der Waals surface area (Å²) in [6.07, 6.45) is 0. The molecule has 0 bridgehead atoms. The van der Waals surface area contributed by atoms with Crippen LogP contribution in [0.1, 0.15) is 0 Å². The molecular formula is C4H6BrClO4S2. The maximum absolute atomic E-state index is 10.9. The van der Waals surface area contributed by atoms with Crippen molar-refractivity contribution in [3.8, 4) is 0 Å². The van der Waals surface area contributed by atoms with Crippen LogP contribution < -0.4 is 0 Å². The number of halogens is 2. The number of rotatable bonds is 1. The lowest BCUT2D eigenvalue weighted by Crippen LogP contribution is -2.25. The Morgan fingerprint density at radius 2 is 1.83 bits per heavy atom. The standard InChI is InChI=1S/C4H6BrClO4S2/c5-3-1-11(7,8)2-4(3)12(6,9)10/h3-4H,1-2H2/t3-,4-/m1/s1. The minimum absolute atomic E-state index is 0.163. The van der Waals surface area contributed by atoms with Gasteiger partial charge < -0.3 is 0 Å². The Labute approximate surface area is 83.8 Å². The van der Waals surface area contributed by atoms with Crippen LogP contribution >= 0.6 is 26.6 Å². The van der Waals surface area contributed by atoms with Gasteiger partial charge in [-0.1, -0.05) is 15.9 Å². The summed E-state index contributed by atoms with van der Waals surface area (Å²) in [5.74, 6) is -0.543. The Hall–Kier alpha value is 0.670. The van der Waals surface area contributed by atoms with Crippen molar-refractivity contribution in [2.24, 2.45) is 0 Å². The molecule has 1 saturated heterocycles. The molecule has 0 unspecified atom stereocenters. The van der Waals surface area contributed by atoms with Crippen LogP contribution in [0.4, 0.5) is 0 Å². The first-order valence-electron chi connectivity index (χ1n) is 3.00. The maximum atomic E-state index is 10.9. The molecule has 0 radical (unpaired) electrons. The van der Waals surface area contributed by atoms with Crippen molar-refractivity contribution in [2.75, 3.05) is 11.5 Å². The van der Waals surface area contributed by atoms with Crippen molar-refractivity contribution in [1.82, 2.24) is 0 Å². The largest absolute Gasteiger partial charge is 0.237 e. The Kier molecular flexibility index (Phi) is 2.79. The first-order chi connectivity index (χ1) is 5.22. The minimum atomic E-state index is -3.78. The zero-order valence-electron chi connectivity index (χ0n) is 5.77. The molecule has 8 heteroatoms.